The standard InChI is InChI=1S/C12H24N2O2/c1-3-7-14-8-4-5-11(6-9-14)13-10-12(15)16-2/h11,13H,3-10H2,1-2H3. The lowest BCUT2D eigenvalue weighted by molar-refractivity contribution is -0.139. The molecule has 1 unspecified atom stereocenters. The summed E-state index contributed by atoms with van der Waals surface area (Å²) in [5, 5.41) is 3.27. The van der Waals surface area contributed by atoms with Crippen molar-refractivity contribution in [3.8, 4) is 0 Å². The van der Waals surface area contributed by atoms with Gasteiger partial charge in [0.15, 0.2) is 0 Å². The minimum Gasteiger partial charge on any atom is -0.468 e. The van der Waals surface area contributed by atoms with Gasteiger partial charge < -0.3 is 15.0 Å². The van der Waals surface area contributed by atoms with Crippen molar-refractivity contribution in [2.24, 2.45) is 0 Å². The average molecular weight is 228 g/mol. The summed E-state index contributed by atoms with van der Waals surface area (Å²) in [6.45, 7) is 6.10. The minimum absolute atomic E-state index is 0.172. The molecule has 4 nitrogen and oxygen atoms in total. The van der Waals surface area contributed by atoms with Gasteiger partial charge in [0.2, 0.25) is 0 Å². The van der Waals surface area contributed by atoms with E-state index in [0.717, 1.165) is 19.4 Å². The van der Waals surface area contributed by atoms with E-state index in [2.05, 4.69) is 21.9 Å². The molecule has 1 aliphatic rings. The van der Waals surface area contributed by atoms with Crippen molar-refractivity contribution in [1.29, 1.82) is 0 Å². The summed E-state index contributed by atoms with van der Waals surface area (Å²) in [5.74, 6) is -0.172. The van der Waals surface area contributed by atoms with Crippen LogP contribution in [0, 0.1) is 0 Å². The second-order valence-electron chi connectivity index (χ2n) is 4.43. The lowest BCUT2D eigenvalue weighted by Crippen LogP contribution is -2.35. The molecule has 16 heavy (non-hydrogen) atoms. The van der Waals surface area contributed by atoms with Gasteiger partial charge in [0.05, 0.1) is 13.7 Å². The third-order valence-corrected chi connectivity index (χ3v) is 3.12. The van der Waals surface area contributed by atoms with Crippen LogP contribution in [0.4, 0.5) is 0 Å². The van der Waals surface area contributed by atoms with Gasteiger partial charge in [-0.25, -0.2) is 0 Å². The quantitative estimate of drug-likeness (QED) is 0.713. The Labute approximate surface area is 98.3 Å². The summed E-state index contributed by atoms with van der Waals surface area (Å²) < 4.78 is 4.62. The number of carbonyl (C=O) groups is 1. The van der Waals surface area contributed by atoms with Crippen LogP contribution in [0.5, 0.6) is 0 Å². The zero-order chi connectivity index (χ0) is 11.8. The number of methoxy groups -OCH3 is 1. The highest BCUT2D eigenvalue weighted by molar-refractivity contribution is 5.71. The molecule has 0 bridgehead atoms. The Hall–Kier alpha value is -0.610. The fourth-order valence-corrected chi connectivity index (χ4v) is 2.20. The van der Waals surface area contributed by atoms with Gasteiger partial charge in [-0.3, -0.25) is 4.79 Å². The Morgan fingerprint density at radius 3 is 2.94 bits per heavy atom. The number of carbonyl (C=O) groups excluding carboxylic acids is 1. The summed E-state index contributed by atoms with van der Waals surface area (Å²) in [6, 6.07) is 0.473. The average Bonchev–Trinajstić information content (AvgIpc) is 2.52. The molecule has 0 aliphatic carbocycles. The summed E-state index contributed by atoms with van der Waals surface area (Å²) in [7, 11) is 1.43. The van der Waals surface area contributed by atoms with Crippen molar-refractivity contribution < 1.29 is 9.53 Å². The summed E-state index contributed by atoms with van der Waals surface area (Å²) >= 11 is 0. The molecule has 1 saturated heterocycles. The van der Waals surface area contributed by atoms with E-state index >= 15 is 0 Å². The molecule has 0 aromatic heterocycles. The van der Waals surface area contributed by atoms with Gasteiger partial charge in [0.1, 0.15) is 0 Å². The van der Waals surface area contributed by atoms with Crippen LogP contribution < -0.4 is 5.32 Å². The van der Waals surface area contributed by atoms with Crippen LogP contribution in [0.2, 0.25) is 0 Å². The van der Waals surface area contributed by atoms with Gasteiger partial charge in [-0.2, -0.15) is 0 Å². The summed E-state index contributed by atoms with van der Waals surface area (Å²) in [6.07, 6.45) is 4.74. The number of nitrogens with zero attached hydrogens (tertiary/aromatic N) is 1. The minimum atomic E-state index is -0.172. The number of nitrogens with one attached hydrogen (secondary N) is 1. The highest BCUT2D eigenvalue weighted by Crippen LogP contribution is 2.11. The maximum Gasteiger partial charge on any atom is 0.319 e. The Balaban J connectivity index is 2.22. The number of rotatable bonds is 5. The van der Waals surface area contributed by atoms with Crippen molar-refractivity contribution in [3.05, 3.63) is 0 Å². The molecule has 1 heterocycles. The third kappa shape index (κ3) is 4.94. The van der Waals surface area contributed by atoms with E-state index in [9.17, 15) is 4.79 Å². The molecule has 0 aromatic carbocycles. The second-order valence-corrected chi connectivity index (χ2v) is 4.43. The molecule has 1 aliphatic heterocycles. The zero-order valence-electron chi connectivity index (χ0n) is 10.5. The van der Waals surface area contributed by atoms with E-state index in [1.54, 1.807) is 0 Å². The highest BCUT2D eigenvalue weighted by atomic mass is 16.5. The lowest BCUT2D eigenvalue weighted by Gasteiger charge is -2.19. The number of esters is 1. The van der Waals surface area contributed by atoms with E-state index in [-0.39, 0.29) is 5.97 Å². The number of ether oxygens (including phenoxy) is 1. The topological polar surface area (TPSA) is 41.6 Å². The third-order valence-electron chi connectivity index (χ3n) is 3.12. The van der Waals surface area contributed by atoms with Crippen molar-refractivity contribution in [2.45, 2.75) is 38.6 Å². The molecule has 1 atom stereocenters. The first-order valence-corrected chi connectivity index (χ1v) is 6.28. The fraction of sp³-hybridized carbons (Fsp3) is 0.917. The number of likely N-dealkylation sites (tertiary alicyclic amines) is 1. The Kier molecular flexibility index (Phi) is 6.42. The predicted octanol–water partition coefficient (Wildman–Crippen LogP) is 1.01. The predicted molar refractivity (Wildman–Crippen MR) is 64.4 cm³/mol. The van der Waals surface area contributed by atoms with Crippen LogP contribution >= 0.6 is 0 Å². The first-order chi connectivity index (χ1) is 7.76. The molecule has 94 valence electrons. The largest absolute Gasteiger partial charge is 0.468 e. The highest BCUT2D eigenvalue weighted by Gasteiger charge is 2.16. The zero-order valence-corrected chi connectivity index (χ0v) is 10.5. The normalized spacial score (nSPS) is 22.8. The maximum absolute atomic E-state index is 11.0. The van der Waals surface area contributed by atoms with E-state index < -0.39 is 0 Å². The van der Waals surface area contributed by atoms with Crippen LogP contribution in [0.25, 0.3) is 0 Å². The van der Waals surface area contributed by atoms with Crippen molar-refractivity contribution in [2.75, 3.05) is 33.3 Å². The molecule has 1 fully saturated rings. The molecule has 0 saturated carbocycles. The molecular formula is C12H24N2O2. The first-order valence-electron chi connectivity index (χ1n) is 6.28. The molecule has 1 N–H and O–H groups in total. The van der Waals surface area contributed by atoms with Crippen LogP contribution in [-0.4, -0.2) is 50.2 Å². The number of hydrogen-bond donors (Lipinski definition) is 1. The molecule has 0 amide bonds. The van der Waals surface area contributed by atoms with Crippen molar-refractivity contribution in [3.63, 3.8) is 0 Å². The Bertz CT molecular complexity index is 209. The van der Waals surface area contributed by atoms with Gasteiger partial charge in [-0.05, 0) is 45.3 Å². The Morgan fingerprint density at radius 1 is 1.44 bits per heavy atom. The monoisotopic (exact) mass is 228 g/mol. The van der Waals surface area contributed by atoms with Crippen LogP contribution in [-0.2, 0) is 9.53 Å². The van der Waals surface area contributed by atoms with Gasteiger partial charge in [-0.1, -0.05) is 6.92 Å². The fourth-order valence-electron chi connectivity index (χ4n) is 2.20. The second kappa shape index (κ2) is 7.63. The molecular weight excluding hydrogens is 204 g/mol. The molecule has 0 radical (unpaired) electrons. The number of hydrogen-bond acceptors (Lipinski definition) is 4. The molecule has 1 rings (SSSR count). The van der Waals surface area contributed by atoms with Crippen molar-refractivity contribution in [1.82, 2.24) is 10.2 Å². The van der Waals surface area contributed by atoms with Crippen LogP contribution in [0.1, 0.15) is 32.6 Å². The molecule has 0 spiro atoms. The summed E-state index contributed by atoms with van der Waals surface area (Å²) in [5.41, 5.74) is 0. The van der Waals surface area contributed by atoms with E-state index in [0.29, 0.717) is 12.6 Å². The Morgan fingerprint density at radius 2 is 2.25 bits per heavy atom. The lowest BCUT2D eigenvalue weighted by atomic mass is 10.1. The van der Waals surface area contributed by atoms with Gasteiger partial charge in [0, 0.05) is 6.04 Å². The smallest absolute Gasteiger partial charge is 0.319 e. The van der Waals surface area contributed by atoms with E-state index in [1.807, 2.05) is 0 Å². The van der Waals surface area contributed by atoms with Crippen LogP contribution in [0.3, 0.4) is 0 Å². The first kappa shape index (κ1) is 13.5. The summed E-state index contributed by atoms with van der Waals surface area (Å²) in [4.78, 5) is 13.5. The van der Waals surface area contributed by atoms with E-state index in [4.69, 9.17) is 0 Å². The SMILES string of the molecule is CCCN1CCCC(NCC(=O)OC)CC1. The van der Waals surface area contributed by atoms with E-state index in [1.165, 1.54) is 33.0 Å². The van der Waals surface area contributed by atoms with Gasteiger partial charge >= 0.3 is 5.97 Å². The maximum atomic E-state index is 11.0. The molecule has 0 aromatic rings. The molecule has 4 heteroatoms. The van der Waals surface area contributed by atoms with Gasteiger partial charge in [-0.15, -0.1) is 0 Å². The van der Waals surface area contributed by atoms with Crippen molar-refractivity contribution >= 4 is 5.97 Å². The van der Waals surface area contributed by atoms with Gasteiger partial charge in [0.25, 0.3) is 0 Å². The van der Waals surface area contributed by atoms with Crippen LogP contribution in [0.15, 0.2) is 0 Å².